The van der Waals surface area contributed by atoms with E-state index in [1.165, 1.54) is 37.4 Å². The number of nitrogens with one attached hydrogen (secondary N) is 3. The van der Waals surface area contributed by atoms with Gasteiger partial charge in [-0.05, 0) is 66.2 Å². The van der Waals surface area contributed by atoms with Gasteiger partial charge in [0.2, 0.25) is 0 Å². The van der Waals surface area contributed by atoms with E-state index in [-0.39, 0.29) is 18.0 Å². The molecule has 0 aromatic heterocycles. The van der Waals surface area contributed by atoms with Crippen LogP contribution in [0.15, 0.2) is 66.7 Å². The molecule has 11 heteroatoms. The third-order valence-corrected chi connectivity index (χ3v) is 4.92. The van der Waals surface area contributed by atoms with Crippen molar-refractivity contribution in [3.05, 3.63) is 78.1 Å². The standard InChI is InChI=1S/C24H19FN4O6/c1-34-20-11-2-14(13-29-22(31)21(30)28-24(29)33)12-19(20)27-23(32)26-16-5-9-18(10-6-16)35-17-7-3-15(25)4-8-17/h2-12H,13H2,1H3,(H2,26,27,32)(H,28,30,33). The minimum atomic E-state index is -0.990. The summed E-state index contributed by atoms with van der Waals surface area (Å²) < 4.78 is 23.9. The van der Waals surface area contributed by atoms with Crippen LogP contribution in [-0.2, 0) is 16.1 Å². The highest BCUT2D eigenvalue weighted by atomic mass is 19.1. The molecule has 0 saturated carbocycles. The number of anilines is 2. The van der Waals surface area contributed by atoms with E-state index < -0.39 is 23.9 Å². The monoisotopic (exact) mass is 478 g/mol. The van der Waals surface area contributed by atoms with E-state index in [4.69, 9.17) is 9.47 Å². The lowest BCUT2D eigenvalue weighted by Gasteiger charge is -2.15. The highest BCUT2D eigenvalue weighted by Crippen LogP contribution is 2.27. The number of ether oxygens (including phenoxy) is 2. The van der Waals surface area contributed by atoms with Crippen LogP contribution in [0.2, 0.25) is 0 Å². The van der Waals surface area contributed by atoms with E-state index in [1.807, 2.05) is 5.32 Å². The summed E-state index contributed by atoms with van der Waals surface area (Å²) in [6.45, 7) is -0.160. The molecule has 4 rings (SSSR count). The van der Waals surface area contributed by atoms with Crippen LogP contribution in [0.4, 0.5) is 25.4 Å². The number of hydrogen-bond donors (Lipinski definition) is 3. The van der Waals surface area contributed by atoms with Gasteiger partial charge in [0.15, 0.2) is 0 Å². The topological polar surface area (TPSA) is 126 Å². The third kappa shape index (κ3) is 5.53. The van der Waals surface area contributed by atoms with E-state index in [0.717, 1.165) is 4.90 Å². The molecule has 1 fully saturated rings. The molecular weight excluding hydrogens is 459 g/mol. The molecule has 1 heterocycles. The summed E-state index contributed by atoms with van der Waals surface area (Å²) in [5.41, 5.74) is 1.25. The summed E-state index contributed by atoms with van der Waals surface area (Å²) in [6.07, 6.45) is 0. The Morgan fingerprint density at radius 1 is 0.943 bits per heavy atom. The third-order valence-electron chi connectivity index (χ3n) is 4.92. The zero-order chi connectivity index (χ0) is 24.9. The maximum absolute atomic E-state index is 13.0. The predicted molar refractivity (Wildman–Crippen MR) is 123 cm³/mol. The van der Waals surface area contributed by atoms with Crippen molar-refractivity contribution in [3.63, 3.8) is 0 Å². The van der Waals surface area contributed by atoms with E-state index in [0.29, 0.717) is 28.5 Å². The molecule has 3 aromatic carbocycles. The first-order valence-corrected chi connectivity index (χ1v) is 10.3. The van der Waals surface area contributed by atoms with Gasteiger partial charge in [-0.25, -0.2) is 14.0 Å². The van der Waals surface area contributed by atoms with Gasteiger partial charge in [-0.15, -0.1) is 0 Å². The van der Waals surface area contributed by atoms with Gasteiger partial charge in [0.05, 0.1) is 19.3 Å². The fourth-order valence-electron chi connectivity index (χ4n) is 3.24. The second-order valence-electron chi connectivity index (χ2n) is 7.34. The average molecular weight is 478 g/mol. The number of methoxy groups -OCH3 is 1. The fourth-order valence-corrected chi connectivity index (χ4v) is 3.24. The maximum atomic E-state index is 13.0. The quantitative estimate of drug-likeness (QED) is 0.350. The number of benzene rings is 3. The Morgan fingerprint density at radius 3 is 2.20 bits per heavy atom. The van der Waals surface area contributed by atoms with E-state index in [9.17, 15) is 23.6 Å². The van der Waals surface area contributed by atoms with Crippen molar-refractivity contribution in [2.45, 2.75) is 6.54 Å². The number of hydrogen-bond acceptors (Lipinski definition) is 6. The molecule has 3 aromatic rings. The van der Waals surface area contributed by atoms with Gasteiger partial charge in [-0.2, -0.15) is 0 Å². The molecule has 1 aliphatic heterocycles. The normalized spacial score (nSPS) is 12.9. The lowest BCUT2D eigenvalue weighted by atomic mass is 10.1. The highest BCUT2D eigenvalue weighted by Gasteiger charge is 2.36. The molecule has 10 nitrogen and oxygen atoms in total. The number of halogens is 1. The van der Waals surface area contributed by atoms with Crippen LogP contribution in [0.1, 0.15) is 5.56 Å². The molecule has 0 unspecified atom stereocenters. The zero-order valence-corrected chi connectivity index (χ0v) is 18.3. The Kier molecular flexibility index (Phi) is 6.58. The first-order chi connectivity index (χ1) is 16.8. The molecule has 0 aliphatic carbocycles. The Labute approximate surface area is 198 Å². The molecule has 178 valence electrons. The van der Waals surface area contributed by atoms with Crippen LogP contribution < -0.4 is 25.4 Å². The van der Waals surface area contributed by atoms with Crippen molar-refractivity contribution in [1.29, 1.82) is 0 Å². The second kappa shape index (κ2) is 9.91. The van der Waals surface area contributed by atoms with Crippen molar-refractivity contribution in [1.82, 2.24) is 10.2 Å². The molecule has 1 saturated heterocycles. The number of urea groups is 2. The first kappa shape index (κ1) is 23.2. The van der Waals surface area contributed by atoms with Gasteiger partial charge < -0.3 is 20.1 Å². The Morgan fingerprint density at radius 2 is 1.60 bits per heavy atom. The SMILES string of the molecule is COc1ccc(CN2C(=O)NC(=O)C2=O)cc1NC(=O)Nc1ccc(Oc2ccc(F)cc2)cc1. The molecular formula is C24H19FN4O6. The Hall–Kier alpha value is -4.93. The molecule has 0 spiro atoms. The number of carbonyl (C=O) groups excluding carboxylic acids is 4. The smallest absolute Gasteiger partial charge is 0.331 e. The number of carbonyl (C=O) groups is 4. The predicted octanol–water partition coefficient (Wildman–Crippen LogP) is 3.85. The molecule has 1 aliphatic rings. The van der Waals surface area contributed by atoms with Crippen molar-refractivity contribution >= 4 is 35.3 Å². The van der Waals surface area contributed by atoms with Crippen LogP contribution in [0.5, 0.6) is 17.2 Å². The number of amides is 6. The summed E-state index contributed by atoms with van der Waals surface area (Å²) in [6, 6.07) is 15.4. The van der Waals surface area contributed by atoms with E-state index >= 15 is 0 Å². The number of imide groups is 2. The van der Waals surface area contributed by atoms with Crippen molar-refractivity contribution in [3.8, 4) is 17.2 Å². The van der Waals surface area contributed by atoms with Gasteiger partial charge in [0.1, 0.15) is 23.1 Å². The summed E-state index contributed by atoms with van der Waals surface area (Å²) in [4.78, 5) is 48.3. The van der Waals surface area contributed by atoms with Crippen LogP contribution >= 0.6 is 0 Å². The summed E-state index contributed by atoms with van der Waals surface area (Å²) in [5.74, 6) is -0.999. The van der Waals surface area contributed by atoms with Gasteiger partial charge in [0, 0.05) is 5.69 Å². The van der Waals surface area contributed by atoms with Gasteiger partial charge in [-0.1, -0.05) is 6.07 Å². The Balaban J connectivity index is 1.40. The fraction of sp³-hybridized carbons (Fsp3) is 0.0833. The minimum absolute atomic E-state index is 0.160. The van der Waals surface area contributed by atoms with Crippen LogP contribution in [-0.4, -0.2) is 35.9 Å². The van der Waals surface area contributed by atoms with Crippen molar-refractivity contribution in [2.24, 2.45) is 0 Å². The zero-order valence-electron chi connectivity index (χ0n) is 18.3. The second-order valence-corrected chi connectivity index (χ2v) is 7.34. The van der Waals surface area contributed by atoms with Crippen LogP contribution in [0.25, 0.3) is 0 Å². The molecule has 0 atom stereocenters. The van der Waals surface area contributed by atoms with Crippen LogP contribution in [0.3, 0.4) is 0 Å². The number of rotatable bonds is 7. The summed E-state index contributed by atoms with van der Waals surface area (Å²) in [7, 11) is 1.42. The molecule has 6 amide bonds. The lowest BCUT2D eigenvalue weighted by Crippen LogP contribution is -2.30. The first-order valence-electron chi connectivity index (χ1n) is 10.3. The maximum Gasteiger partial charge on any atom is 0.331 e. The number of nitrogens with zero attached hydrogens (tertiary/aromatic N) is 1. The van der Waals surface area contributed by atoms with Gasteiger partial charge >= 0.3 is 23.9 Å². The highest BCUT2D eigenvalue weighted by molar-refractivity contribution is 6.44. The molecule has 0 bridgehead atoms. The van der Waals surface area contributed by atoms with Crippen LogP contribution in [0, 0.1) is 5.82 Å². The molecule has 35 heavy (non-hydrogen) atoms. The molecule has 3 N–H and O–H groups in total. The summed E-state index contributed by atoms with van der Waals surface area (Å²) >= 11 is 0. The van der Waals surface area contributed by atoms with E-state index in [1.54, 1.807) is 36.4 Å². The largest absolute Gasteiger partial charge is 0.495 e. The van der Waals surface area contributed by atoms with Gasteiger partial charge in [-0.3, -0.25) is 19.8 Å². The minimum Gasteiger partial charge on any atom is -0.495 e. The van der Waals surface area contributed by atoms with Crippen molar-refractivity contribution < 1.29 is 33.0 Å². The van der Waals surface area contributed by atoms with E-state index in [2.05, 4.69) is 10.6 Å². The van der Waals surface area contributed by atoms with Crippen molar-refractivity contribution in [2.75, 3.05) is 17.7 Å². The van der Waals surface area contributed by atoms with Gasteiger partial charge in [0.25, 0.3) is 0 Å². The Bertz CT molecular complexity index is 1290. The average Bonchev–Trinajstić information content (AvgIpc) is 3.08. The lowest BCUT2D eigenvalue weighted by molar-refractivity contribution is -0.140. The molecule has 0 radical (unpaired) electrons. The summed E-state index contributed by atoms with van der Waals surface area (Å²) in [5, 5.41) is 7.25.